The van der Waals surface area contributed by atoms with Gasteiger partial charge < -0.3 is 35.6 Å². The first-order valence-electron chi connectivity index (χ1n) is 15.2. The molecule has 0 aliphatic carbocycles. The van der Waals surface area contributed by atoms with Crippen molar-refractivity contribution < 1.29 is 24.5 Å². The second-order valence-electron chi connectivity index (χ2n) is 12.8. The molecular formula is C33H45N5O5. The first-order valence-corrected chi connectivity index (χ1v) is 15.2. The van der Waals surface area contributed by atoms with E-state index in [1.165, 1.54) is 11.6 Å². The molecule has 2 fully saturated rings. The fourth-order valence-electron chi connectivity index (χ4n) is 5.97. The van der Waals surface area contributed by atoms with Crippen LogP contribution >= 0.6 is 0 Å². The van der Waals surface area contributed by atoms with E-state index in [-0.39, 0.29) is 23.7 Å². The van der Waals surface area contributed by atoms with Crippen molar-refractivity contribution >= 4 is 22.8 Å². The number of fused-ring (bicyclic) bond motifs is 1. The van der Waals surface area contributed by atoms with Gasteiger partial charge in [0.25, 0.3) is 0 Å². The van der Waals surface area contributed by atoms with Gasteiger partial charge >= 0.3 is 6.09 Å². The fraction of sp³-hybridized carbons (Fsp3) is 0.515. The van der Waals surface area contributed by atoms with Gasteiger partial charge in [-0.25, -0.2) is 9.78 Å². The van der Waals surface area contributed by atoms with E-state index in [2.05, 4.69) is 39.5 Å². The largest absolute Gasteiger partial charge is 0.506 e. The Kier molecular flexibility index (Phi) is 9.41. The minimum Gasteiger partial charge on any atom is -0.506 e. The molecule has 3 aromatic rings. The number of pyridine rings is 1. The maximum atomic E-state index is 13.3. The molecule has 1 amide bonds. The number of nitrogen functional groups attached to an aromatic ring is 1. The van der Waals surface area contributed by atoms with E-state index in [9.17, 15) is 15.0 Å². The Bertz CT molecular complexity index is 1410. The Balaban J connectivity index is 1.25. The number of aliphatic hydroxyl groups is 1. The number of hydrogen-bond acceptors (Lipinski definition) is 9. The molecule has 0 bridgehead atoms. The molecule has 10 heteroatoms. The summed E-state index contributed by atoms with van der Waals surface area (Å²) in [5, 5.41) is 25.7. The molecule has 2 aliphatic rings. The molecular weight excluding hydrogens is 546 g/mol. The minimum atomic E-state index is -1.03. The highest BCUT2D eigenvalue weighted by molar-refractivity contribution is 5.88. The summed E-state index contributed by atoms with van der Waals surface area (Å²) in [6.45, 7) is 11.4. The molecule has 2 saturated heterocycles. The summed E-state index contributed by atoms with van der Waals surface area (Å²) < 4.78 is 11.9. The van der Waals surface area contributed by atoms with Crippen LogP contribution in [0.2, 0.25) is 0 Å². The molecule has 0 saturated carbocycles. The molecule has 2 aliphatic heterocycles. The molecule has 10 nitrogen and oxygen atoms in total. The molecule has 232 valence electrons. The number of carbonyl (C=O) groups excluding carboxylic acids is 1. The van der Waals surface area contributed by atoms with Crippen molar-refractivity contribution in [2.45, 2.75) is 63.9 Å². The quantitative estimate of drug-likeness (QED) is 0.307. The van der Waals surface area contributed by atoms with Gasteiger partial charge in [0.15, 0.2) is 0 Å². The summed E-state index contributed by atoms with van der Waals surface area (Å²) in [6.07, 6.45) is 1.16. The van der Waals surface area contributed by atoms with Gasteiger partial charge in [0, 0.05) is 44.7 Å². The zero-order valence-electron chi connectivity index (χ0n) is 25.5. The predicted molar refractivity (Wildman–Crippen MR) is 167 cm³/mol. The molecule has 1 atom stereocenters. The van der Waals surface area contributed by atoms with Crippen molar-refractivity contribution in [3.05, 3.63) is 65.2 Å². The summed E-state index contributed by atoms with van der Waals surface area (Å²) in [7, 11) is 0. The molecule has 0 unspecified atom stereocenters. The van der Waals surface area contributed by atoms with Gasteiger partial charge in [-0.1, -0.05) is 30.3 Å². The first-order chi connectivity index (χ1) is 20.5. The number of likely N-dealkylation sites (tertiary alicyclic amines) is 1. The average molecular weight is 592 g/mol. The van der Waals surface area contributed by atoms with E-state index in [0.717, 1.165) is 57.7 Å². The highest BCUT2D eigenvalue weighted by Gasteiger charge is 2.36. The van der Waals surface area contributed by atoms with Gasteiger partial charge in [0.1, 0.15) is 22.7 Å². The zero-order valence-corrected chi connectivity index (χ0v) is 25.5. The topological polar surface area (TPSA) is 133 Å². The van der Waals surface area contributed by atoms with Crippen LogP contribution in [0.4, 0.5) is 10.6 Å². The first kappa shape index (κ1) is 31.0. The van der Waals surface area contributed by atoms with Crippen molar-refractivity contribution in [2.24, 2.45) is 0 Å². The average Bonchev–Trinajstić information content (AvgIpc) is 2.97. The number of nitrogens with zero attached hydrogens (tertiary/aromatic N) is 3. The molecule has 2 aromatic carbocycles. The maximum Gasteiger partial charge on any atom is 0.410 e. The monoisotopic (exact) mass is 591 g/mol. The van der Waals surface area contributed by atoms with Crippen molar-refractivity contribution in [1.29, 1.82) is 0 Å². The molecule has 5 rings (SSSR count). The molecule has 0 radical (unpaired) electrons. The van der Waals surface area contributed by atoms with Crippen LogP contribution in [0.1, 0.15) is 56.4 Å². The zero-order chi connectivity index (χ0) is 30.6. The number of phenolic OH excluding ortho intramolecular Hbond substituents is 1. The predicted octanol–water partition coefficient (Wildman–Crippen LogP) is 3.99. The lowest BCUT2D eigenvalue weighted by atomic mass is 9.90. The fourth-order valence-corrected chi connectivity index (χ4v) is 5.97. The third kappa shape index (κ3) is 7.94. The number of morpholine rings is 1. The number of nitrogens with one attached hydrogen (secondary N) is 1. The van der Waals surface area contributed by atoms with E-state index in [4.69, 9.17) is 15.2 Å². The third-order valence-corrected chi connectivity index (χ3v) is 8.26. The minimum absolute atomic E-state index is 0.0113. The van der Waals surface area contributed by atoms with Crippen LogP contribution in [0.3, 0.4) is 0 Å². The lowest BCUT2D eigenvalue weighted by Crippen LogP contribution is -2.55. The standard InChI is InChI=1S/C33H45N5O5/c1-32(2,3)43-31(41)38(21-28(40)25-7-9-27(39)30-26(25)8-10-29(34)36-30)15-11-23-5-4-6-24(19-23)20-37-16-12-33(13-17-37)22-35-14-18-42-33/h4-10,19,28,35,39-40H,11-18,20-22H2,1-3H3,(H2,34,36)/t28-/m0/s1. The van der Waals surface area contributed by atoms with Gasteiger partial charge in [0.2, 0.25) is 0 Å². The van der Waals surface area contributed by atoms with Gasteiger partial charge in [-0.15, -0.1) is 0 Å². The van der Waals surface area contributed by atoms with Crippen LogP contribution < -0.4 is 11.1 Å². The number of rotatable bonds is 8. The Morgan fingerprint density at radius 1 is 1.19 bits per heavy atom. The maximum absolute atomic E-state index is 13.3. The number of carbonyl (C=O) groups is 1. The van der Waals surface area contributed by atoms with Crippen LogP contribution in [0.25, 0.3) is 10.9 Å². The van der Waals surface area contributed by atoms with E-state index in [1.807, 2.05) is 20.8 Å². The van der Waals surface area contributed by atoms with E-state index in [0.29, 0.717) is 29.4 Å². The van der Waals surface area contributed by atoms with Crippen LogP contribution in [0.5, 0.6) is 5.75 Å². The van der Waals surface area contributed by atoms with Crippen LogP contribution in [-0.4, -0.2) is 88.2 Å². The number of aromatic nitrogens is 1. The van der Waals surface area contributed by atoms with Crippen molar-refractivity contribution in [3.63, 3.8) is 0 Å². The van der Waals surface area contributed by atoms with Crippen molar-refractivity contribution in [3.8, 4) is 5.75 Å². The lowest BCUT2D eigenvalue weighted by molar-refractivity contribution is -0.100. The van der Waals surface area contributed by atoms with E-state index >= 15 is 0 Å². The summed E-state index contributed by atoms with van der Waals surface area (Å²) in [5.41, 5.74) is 8.34. The number of ether oxygens (including phenoxy) is 2. The number of benzene rings is 2. The molecule has 5 N–H and O–H groups in total. The Hall–Kier alpha value is -3.44. The van der Waals surface area contributed by atoms with Gasteiger partial charge in [-0.3, -0.25) is 4.90 Å². The summed E-state index contributed by atoms with van der Waals surface area (Å²) in [4.78, 5) is 21.5. The third-order valence-electron chi connectivity index (χ3n) is 8.26. The summed E-state index contributed by atoms with van der Waals surface area (Å²) >= 11 is 0. The smallest absolute Gasteiger partial charge is 0.410 e. The lowest BCUT2D eigenvalue weighted by Gasteiger charge is -2.44. The molecule has 1 spiro atoms. The number of hydrogen-bond donors (Lipinski definition) is 4. The highest BCUT2D eigenvalue weighted by Crippen LogP contribution is 2.31. The Labute approximate surface area is 253 Å². The van der Waals surface area contributed by atoms with Crippen LogP contribution in [0.15, 0.2) is 48.5 Å². The van der Waals surface area contributed by atoms with E-state index < -0.39 is 17.8 Å². The number of aliphatic hydroxyl groups excluding tert-OH is 1. The van der Waals surface area contributed by atoms with Crippen molar-refractivity contribution in [2.75, 3.05) is 51.6 Å². The number of nitrogens with two attached hydrogens (primary N) is 1. The van der Waals surface area contributed by atoms with E-state index in [1.54, 1.807) is 23.1 Å². The number of phenols is 1. The second-order valence-corrected chi connectivity index (χ2v) is 12.8. The molecule has 3 heterocycles. The molecule has 1 aromatic heterocycles. The second kappa shape index (κ2) is 13.1. The number of anilines is 1. The van der Waals surface area contributed by atoms with Crippen molar-refractivity contribution in [1.82, 2.24) is 20.1 Å². The van der Waals surface area contributed by atoms with Gasteiger partial charge in [0.05, 0.1) is 24.9 Å². The van der Waals surface area contributed by atoms with Crippen LogP contribution in [0, 0.1) is 0 Å². The molecule has 43 heavy (non-hydrogen) atoms. The summed E-state index contributed by atoms with van der Waals surface area (Å²) in [5.74, 6) is 0.248. The summed E-state index contributed by atoms with van der Waals surface area (Å²) in [6, 6.07) is 15.0. The van der Waals surface area contributed by atoms with Gasteiger partial charge in [-0.05, 0) is 74.9 Å². The van der Waals surface area contributed by atoms with Crippen LogP contribution in [-0.2, 0) is 22.4 Å². The normalized spacial score (nSPS) is 18.0. The Morgan fingerprint density at radius 2 is 1.95 bits per heavy atom. The Morgan fingerprint density at radius 3 is 2.67 bits per heavy atom. The number of piperidine rings is 1. The number of aromatic hydroxyl groups is 1. The highest BCUT2D eigenvalue weighted by atomic mass is 16.6. The van der Waals surface area contributed by atoms with Gasteiger partial charge in [-0.2, -0.15) is 0 Å². The number of amides is 1. The SMILES string of the molecule is CC(C)(C)OC(=O)N(CCc1cccc(CN2CCC3(CC2)CNCCO3)c1)C[C@H](O)c1ccc(O)c2nc(N)ccc12.